The van der Waals surface area contributed by atoms with E-state index in [1.165, 1.54) is 0 Å². The van der Waals surface area contributed by atoms with Crippen molar-refractivity contribution in [2.45, 2.75) is 6.54 Å². The molecule has 3 aromatic heterocycles. The average molecular weight is 531 g/mol. The molecule has 0 radical (unpaired) electrons. The lowest BCUT2D eigenvalue weighted by molar-refractivity contribution is 0.174. The van der Waals surface area contributed by atoms with Crippen LogP contribution in [0.3, 0.4) is 0 Å². The minimum absolute atomic E-state index is 0.227. The van der Waals surface area contributed by atoms with Crippen LogP contribution >= 0.6 is 15.9 Å². The van der Waals surface area contributed by atoms with Crippen LogP contribution in [0.25, 0.3) is 22.4 Å². The number of hydrogen-bond donors (Lipinski definition) is 1. The summed E-state index contributed by atoms with van der Waals surface area (Å²) in [7, 11) is 1.59. The van der Waals surface area contributed by atoms with Crippen LogP contribution in [0, 0.1) is 0 Å². The van der Waals surface area contributed by atoms with E-state index in [-0.39, 0.29) is 6.79 Å². The maximum absolute atomic E-state index is 5.56. The van der Waals surface area contributed by atoms with E-state index in [1.54, 1.807) is 25.7 Å². The van der Waals surface area contributed by atoms with E-state index in [0.29, 0.717) is 29.6 Å². The van der Waals surface area contributed by atoms with Crippen molar-refractivity contribution in [3.63, 3.8) is 0 Å². The molecule has 1 aliphatic rings. The van der Waals surface area contributed by atoms with Gasteiger partial charge < -0.3 is 19.5 Å². The third kappa shape index (κ3) is 4.01. The summed E-state index contributed by atoms with van der Waals surface area (Å²) in [4.78, 5) is 13.4. The zero-order valence-corrected chi connectivity index (χ0v) is 20.2. The number of rotatable bonds is 6. The summed E-state index contributed by atoms with van der Waals surface area (Å²) < 4.78 is 19.4. The van der Waals surface area contributed by atoms with Gasteiger partial charge in [0, 0.05) is 27.9 Å². The van der Waals surface area contributed by atoms with E-state index in [4.69, 9.17) is 24.3 Å². The van der Waals surface area contributed by atoms with Crippen molar-refractivity contribution in [3.8, 4) is 28.8 Å². The van der Waals surface area contributed by atoms with Gasteiger partial charge in [-0.2, -0.15) is 5.10 Å². The highest BCUT2D eigenvalue weighted by molar-refractivity contribution is 9.10. The van der Waals surface area contributed by atoms with Crippen LogP contribution in [0.4, 0.5) is 11.5 Å². The van der Waals surface area contributed by atoms with Crippen LogP contribution in [-0.2, 0) is 6.54 Å². The van der Waals surface area contributed by atoms with Crippen LogP contribution in [0.2, 0.25) is 0 Å². The molecule has 9 nitrogen and oxygen atoms in total. The molecule has 0 spiro atoms. The van der Waals surface area contributed by atoms with Crippen molar-refractivity contribution in [1.29, 1.82) is 0 Å². The van der Waals surface area contributed by atoms with Crippen LogP contribution in [0.15, 0.2) is 71.6 Å². The van der Waals surface area contributed by atoms with Gasteiger partial charge in [-0.1, -0.05) is 34.1 Å². The molecule has 174 valence electrons. The molecule has 35 heavy (non-hydrogen) atoms. The molecule has 0 atom stereocenters. The number of fused-ring (bicyclic) bond motifs is 2. The Balaban J connectivity index is 1.41. The van der Waals surface area contributed by atoms with Gasteiger partial charge in [0.05, 0.1) is 25.4 Å². The maximum atomic E-state index is 5.56. The second-order valence-corrected chi connectivity index (χ2v) is 8.65. The predicted octanol–water partition coefficient (Wildman–Crippen LogP) is 5.18. The third-order valence-corrected chi connectivity index (χ3v) is 6.39. The van der Waals surface area contributed by atoms with Gasteiger partial charge in [-0.05, 0) is 35.9 Å². The van der Waals surface area contributed by atoms with Crippen LogP contribution < -0.4 is 19.5 Å². The Morgan fingerprint density at radius 1 is 1.09 bits per heavy atom. The molecule has 0 amide bonds. The zero-order chi connectivity index (χ0) is 23.8. The lowest BCUT2D eigenvalue weighted by atomic mass is 10.2. The number of benzene rings is 2. The summed E-state index contributed by atoms with van der Waals surface area (Å²) in [5, 5.41) is 9.14. The highest BCUT2D eigenvalue weighted by Crippen LogP contribution is 2.38. The summed E-state index contributed by atoms with van der Waals surface area (Å²) in [5.41, 5.74) is 3.50. The Bertz CT molecular complexity index is 1540. The van der Waals surface area contributed by atoms with Gasteiger partial charge >= 0.3 is 0 Å². The summed E-state index contributed by atoms with van der Waals surface area (Å²) in [5.74, 6) is 3.01. The van der Waals surface area contributed by atoms with Crippen molar-refractivity contribution < 1.29 is 14.2 Å². The summed E-state index contributed by atoms with van der Waals surface area (Å²) >= 11 is 3.65. The SMILES string of the molecule is COc1cnc(-c2nn(Cc3cc4c(cc3Br)OCO4)c3ccccc23)nc1Nc1ccncc1. The first kappa shape index (κ1) is 21.4. The molecule has 0 fully saturated rings. The second kappa shape index (κ2) is 8.88. The molecular weight excluding hydrogens is 512 g/mol. The largest absolute Gasteiger partial charge is 0.491 e. The molecule has 1 N–H and O–H groups in total. The molecular formula is C25H19BrN6O3. The molecule has 0 bridgehead atoms. The Hall–Kier alpha value is -4.18. The molecule has 6 rings (SSSR count). The van der Waals surface area contributed by atoms with E-state index in [2.05, 4.69) is 31.2 Å². The Kier molecular flexibility index (Phi) is 5.42. The van der Waals surface area contributed by atoms with Crippen LogP contribution in [-0.4, -0.2) is 38.6 Å². The monoisotopic (exact) mass is 530 g/mol. The second-order valence-electron chi connectivity index (χ2n) is 7.79. The molecule has 0 aliphatic carbocycles. The summed E-state index contributed by atoms with van der Waals surface area (Å²) in [6.07, 6.45) is 5.06. The quantitative estimate of drug-likeness (QED) is 0.320. The number of aromatic nitrogens is 5. The smallest absolute Gasteiger partial charge is 0.231 e. The first-order valence-electron chi connectivity index (χ1n) is 10.8. The lowest BCUT2D eigenvalue weighted by Gasteiger charge is -2.10. The molecule has 0 unspecified atom stereocenters. The number of nitrogens with zero attached hydrogens (tertiary/aromatic N) is 5. The maximum Gasteiger partial charge on any atom is 0.231 e. The third-order valence-electron chi connectivity index (χ3n) is 5.65. The minimum Gasteiger partial charge on any atom is -0.491 e. The van der Waals surface area contributed by atoms with Gasteiger partial charge in [-0.15, -0.1) is 0 Å². The number of hydrogen-bond acceptors (Lipinski definition) is 8. The first-order chi connectivity index (χ1) is 17.2. The number of pyridine rings is 1. The average Bonchev–Trinajstić information content (AvgIpc) is 3.49. The highest BCUT2D eigenvalue weighted by Gasteiger charge is 2.20. The van der Waals surface area contributed by atoms with Crippen LogP contribution in [0.1, 0.15) is 5.56 Å². The van der Waals surface area contributed by atoms with Gasteiger partial charge in [0.2, 0.25) is 6.79 Å². The van der Waals surface area contributed by atoms with E-state index >= 15 is 0 Å². The fourth-order valence-electron chi connectivity index (χ4n) is 3.95. The number of anilines is 2. The lowest BCUT2D eigenvalue weighted by Crippen LogP contribution is -2.04. The predicted molar refractivity (Wildman–Crippen MR) is 134 cm³/mol. The number of para-hydroxylation sites is 1. The molecule has 1 aliphatic heterocycles. The number of nitrogens with one attached hydrogen (secondary N) is 1. The number of methoxy groups -OCH3 is 1. The van der Waals surface area contributed by atoms with Gasteiger partial charge in [0.25, 0.3) is 0 Å². The highest BCUT2D eigenvalue weighted by atomic mass is 79.9. The Morgan fingerprint density at radius 2 is 1.89 bits per heavy atom. The molecule has 4 heterocycles. The van der Waals surface area contributed by atoms with Crippen molar-refractivity contribution in [3.05, 3.63) is 77.2 Å². The fourth-order valence-corrected chi connectivity index (χ4v) is 4.40. The normalized spacial score (nSPS) is 12.2. The van der Waals surface area contributed by atoms with Gasteiger partial charge in [0.1, 0.15) is 5.69 Å². The molecule has 10 heteroatoms. The zero-order valence-electron chi connectivity index (χ0n) is 18.6. The summed E-state index contributed by atoms with van der Waals surface area (Å²) in [6, 6.07) is 15.6. The fraction of sp³-hybridized carbons (Fsp3) is 0.120. The number of halogens is 1. The van der Waals surface area contributed by atoms with E-state index < -0.39 is 0 Å². The number of ether oxygens (including phenoxy) is 3. The van der Waals surface area contributed by atoms with Crippen molar-refractivity contribution >= 4 is 38.3 Å². The summed E-state index contributed by atoms with van der Waals surface area (Å²) in [6.45, 7) is 0.751. The van der Waals surface area contributed by atoms with Crippen LogP contribution in [0.5, 0.6) is 17.2 Å². The molecule has 0 saturated heterocycles. The molecule has 0 saturated carbocycles. The van der Waals surface area contributed by atoms with E-state index in [1.807, 2.05) is 53.2 Å². The van der Waals surface area contributed by atoms with Crippen molar-refractivity contribution in [2.75, 3.05) is 19.2 Å². The Labute approximate surface area is 208 Å². The van der Waals surface area contributed by atoms with Gasteiger partial charge in [-0.3, -0.25) is 9.67 Å². The van der Waals surface area contributed by atoms with Crippen molar-refractivity contribution in [1.82, 2.24) is 24.7 Å². The standard InChI is InChI=1S/C25H19BrN6O3/c1-33-22-12-28-25(30-24(22)29-16-6-8-27-9-7-16)23-17-4-2-3-5-19(17)32(31-23)13-15-10-20-21(11-18(15)26)35-14-34-20/h2-12H,13-14H2,1H3,(H,27,28,29,30). The topological polar surface area (TPSA) is 96.2 Å². The first-order valence-corrected chi connectivity index (χ1v) is 11.6. The molecule has 2 aromatic carbocycles. The Morgan fingerprint density at radius 3 is 2.71 bits per heavy atom. The van der Waals surface area contributed by atoms with Gasteiger partial charge in [-0.25, -0.2) is 9.97 Å². The van der Waals surface area contributed by atoms with E-state index in [0.717, 1.165) is 38.1 Å². The van der Waals surface area contributed by atoms with Crippen molar-refractivity contribution in [2.24, 2.45) is 0 Å². The minimum atomic E-state index is 0.227. The molecule has 5 aromatic rings. The van der Waals surface area contributed by atoms with E-state index in [9.17, 15) is 0 Å². The van der Waals surface area contributed by atoms with Gasteiger partial charge in [0.15, 0.2) is 28.9 Å².